The topological polar surface area (TPSA) is 59.8 Å². The lowest BCUT2D eigenvalue weighted by Gasteiger charge is -2.04. The Morgan fingerprint density at radius 2 is 2.43 bits per heavy atom. The molecule has 5 heteroatoms. The van der Waals surface area contributed by atoms with Gasteiger partial charge in [-0.15, -0.1) is 5.10 Å². The van der Waals surface area contributed by atoms with Crippen molar-refractivity contribution in [2.45, 2.75) is 26.9 Å². The molecular formula is C9H14N4O. The standard InChI is InChI=1S/C9H14N4O/c1-4-9(14)10-6-8-7(3)11-12-13(8)5-2/h4H,1,5-6H2,2-3H3,(H,10,14). The molecule has 1 aromatic heterocycles. The van der Waals surface area contributed by atoms with Gasteiger partial charge < -0.3 is 5.32 Å². The summed E-state index contributed by atoms with van der Waals surface area (Å²) in [5.41, 5.74) is 1.78. The van der Waals surface area contributed by atoms with Crippen LogP contribution in [0.5, 0.6) is 0 Å². The average molecular weight is 194 g/mol. The van der Waals surface area contributed by atoms with Gasteiger partial charge >= 0.3 is 0 Å². The minimum atomic E-state index is -0.187. The Labute approximate surface area is 82.8 Å². The zero-order chi connectivity index (χ0) is 10.6. The average Bonchev–Trinajstić information content (AvgIpc) is 2.55. The second-order valence-electron chi connectivity index (χ2n) is 2.86. The molecule has 0 spiro atoms. The van der Waals surface area contributed by atoms with E-state index in [0.29, 0.717) is 6.54 Å². The molecule has 14 heavy (non-hydrogen) atoms. The summed E-state index contributed by atoms with van der Waals surface area (Å²) in [7, 11) is 0. The summed E-state index contributed by atoms with van der Waals surface area (Å²) in [6, 6.07) is 0. The zero-order valence-corrected chi connectivity index (χ0v) is 8.45. The van der Waals surface area contributed by atoms with Crippen LogP contribution in [0.1, 0.15) is 18.3 Å². The molecular weight excluding hydrogens is 180 g/mol. The molecule has 0 aliphatic carbocycles. The molecule has 1 N–H and O–H groups in total. The van der Waals surface area contributed by atoms with Crippen molar-refractivity contribution in [3.8, 4) is 0 Å². The molecule has 0 bridgehead atoms. The number of nitrogens with zero attached hydrogens (tertiary/aromatic N) is 3. The molecule has 0 unspecified atom stereocenters. The Hall–Kier alpha value is -1.65. The van der Waals surface area contributed by atoms with Crippen LogP contribution in [0.2, 0.25) is 0 Å². The van der Waals surface area contributed by atoms with E-state index >= 15 is 0 Å². The van der Waals surface area contributed by atoms with Crippen LogP contribution >= 0.6 is 0 Å². The van der Waals surface area contributed by atoms with Gasteiger partial charge in [-0.2, -0.15) is 0 Å². The number of amides is 1. The SMILES string of the molecule is C=CC(=O)NCc1c(C)nnn1CC. The summed E-state index contributed by atoms with van der Waals surface area (Å²) < 4.78 is 1.76. The molecule has 5 nitrogen and oxygen atoms in total. The highest BCUT2D eigenvalue weighted by Gasteiger charge is 2.07. The van der Waals surface area contributed by atoms with E-state index in [1.165, 1.54) is 6.08 Å². The van der Waals surface area contributed by atoms with Gasteiger partial charge in [0.1, 0.15) is 0 Å². The predicted octanol–water partition coefficient (Wildman–Crippen LogP) is 0.409. The van der Waals surface area contributed by atoms with Crippen LogP contribution in [0, 0.1) is 6.92 Å². The van der Waals surface area contributed by atoms with Gasteiger partial charge in [0.05, 0.1) is 17.9 Å². The van der Waals surface area contributed by atoms with E-state index in [1.54, 1.807) is 4.68 Å². The minimum absolute atomic E-state index is 0.187. The van der Waals surface area contributed by atoms with Gasteiger partial charge in [-0.05, 0) is 19.9 Å². The normalized spacial score (nSPS) is 9.86. The second kappa shape index (κ2) is 4.55. The molecule has 0 aliphatic heterocycles. The molecule has 0 saturated carbocycles. The zero-order valence-electron chi connectivity index (χ0n) is 8.45. The number of aryl methyl sites for hydroxylation is 2. The van der Waals surface area contributed by atoms with E-state index in [0.717, 1.165) is 17.9 Å². The van der Waals surface area contributed by atoms with E-state index in [9.17, 15) is 4.79 Å². The molecule has 1 aromatic rings. The number of aromatic nitrogens is 3. The first-order valence-electron chi connectivity index (χ1n) is 4.48. The van der Waals surface area contributed by atoms with Gasteiger partial charge in [0.25, 0.3) is 0 Å². The molecule has 1 rings (SSSR count). The van der Waals surface area contributed by atoms with Gasteiger partial charge in [-0.1, -0.05) is 11.8 Å². The van der Waals surface area contributed by atoms with Crippen LogP contribution in [0.4, 0.5) is 0 Å². The quantitative estimate of drug-likeness (QED) is 0.706. The lowest BCUT2D eigenvalue weighted by molar-refractivity contribution is -0.116. The molecule has 0 atom stereocenters. The van der Waals surface area contributed by atoms with Crippen molar-refractivity contribution in [1.82, 2.24) is 20.3 Å². The van der Waals surface area contributed by atoms with E-state index in [2.05, 4.69) is 22.2 Å². The third-order valence-corrected chi connectivity index (χ3v) is 1.95. The number of hydrogen-bond acceptors (Lipinski definition) is 3. The maximum absolute atomic E-state index is 10.9. The van der Waals surface area contributed by atoms with E-state index in [1.807, 2.05) is 13.8 Å². The molecule has 0 fully saturated rings. The molecule has 0 saturated heterocycles. The number of nitrogens with one attached hydrogen (secondary N) is 1. The fourth-order valence-corrected chi connectivity index (χ4v) is 1.14. The first-order valence-corrected chi connectivity index (χ1v) is 4.48. The number of carbonyl (C=O) groups is 1. The van der Waals surface area contributed by atoms with Crippen LogP contribution in [0.15, 0.2) is 12.7 Å². The maximum Gasteiger partial charge on any atom is 0.243 e. The Kier molecular flexibility index (Phi) is 3.39. The number of rotatable bonds is 4. The first-order chi connectivity index (χ1) is 6.69. The summed E-state index contributed by atoms with van der Waals surface area (Å²) >= 11 is 0. The number of carbonyl (C=O) groups excluding carboxylic acids is 1. The molecule has 0 aromatic carbocycles. The van der Waals surface area contributed by atoms with E-state index in [-0.39, 0.29) is 5.91 Å². The van der Waals surface area contributed by atoms with Crippen LogP contribution in [0.25, 0.3) is 0 Å². The third kappa shape index (κ3) is 2.18. The highest BCUT2D eigenvalue weighted by atomic mass is 16.1. The molecule has 76 valence electrons. The van der Waals surface area contributed by atoms with E-state index in [4.69, 9.17) is 0 Å². The third-order valence-electron chi connectivity index (χ3n) is 1.95. The summed E-state index contributed by atoms with van der Waals surface area (Å²) in [5, 5.41) is 10.5. The molecule has 0 aliphatic rings. The Morgan fingerprint density at radius 1 is 1.71 bits per heavy atom. The molecule has 1 heterocycles. The highest BCUT2D eigenvalue weighted by molar-refractivity contribution is 5.86. The smallest absolute Gasteiger partial charge is 0.243 e. The van der Waals surface area contributed by atoms with Crippen LogP contribution in [0.3, 0.4) is 0 Å². The second-order valence-corrected chi connectivity index (χ2v) is 2.86. The Bertz CT molecular complexity index is 343. The predicted molar refractivity (Wildman–Crippen MR) is 52.5 cm³/mol. The van der Waals surface area contributed by atoms with Gasteiger partial charge in [0.15, 0.2) is 0 Å². The van der Waals surface area contributed by atoms with Gasteiger partial charge in [0, 0.05) is 6.54 Å². The van der Waals surface area contributed by atoms with Crippen molar-refractivity contribution in [2.75, 3.05) is 0 Å². The maximum atomic E-state index is 10.9. The molecule has 0 radical (unpaired) electrons. The van der Waals surface area contributed by atoms with E-state index < -0.39 is 0 Å². The van der Waals surface area contributed by atoms with Gasteiger partial charge in [-0.3, -0.25) is 4.79 Å². The number of hydrogen-bond donors (Lipinski definition) is 1. The Balaban J connectivity index is 2.69. The van der Waals surface area contributed by atoms with Crippen molar-refractivity contribution >= 4 is 5.91 Å². The molecule has 1 amide bonds. The van der Waals surface area contributed by atoms with Crippen molar-refractivity contribution in [1.29, 1.82) is 0 Å². The monoisotopic (exact) mass is 194 g/mol. The Morgan fingerprint density at radius 3 is 3.00 bits per heavy atom. The lowest BCUT2D eigenvalue weighted by atomic mass is 10.3. The van der Waals surface area contributed by atoms with Crippen molar-refractivity contribution in [2.24, 2.45) is 0 Å². The van der Waals surface area contributed by atoms with Gasteiger partial charge in [-0.25, -0.2) is 4.68 Å². The van der Waals surface area contributed by atoms with Crippen LogP contribution in [-0.2, 0) is 17.9 Å². The van der Waals surface area contributed by atoms with Crippen molar-refractivity contribution in [3.63, 3.8) is 0 Å². The van der Waals surface area contributed by atoms with Crippen molar-refractivity contribution in [3.05, 3.63) is 24.0 Å². The van der Waals surface area contributed by atoms with Gasteiger partial charge in [0.2, 0.25) is 5.91 Å². The first kappa shape index (κ1) is 10.4. The van der Waals surface area contributed by atoms with Crippen LogP contribution in [-0.4, -0.2) is 20.9 Å². The fraction of sp³-hybridized carbons (Fsp3) is 0.444. The summed E-state index contributed by atoms with van der Waals surface area (Å²) in [5.74, 6) is -0.187. The summed E-state index contributed by atoms with van der Waals surface area (Å²) in [6.45, 7) is 8.42. The largest absolute Gasteiger partial charge is 0.347 e. The van der Waals surface area contributed by atoms with Crippen LogP contribution < -0.4 is 5.32 Å². The highest BCUT2D eigenvalue weighted by Crippen LogP contribution is 2.02. The summed E-state index contributed by atoms with van der Waals surface area (Å²) in [4.78, 5) is 10.9. The minimum Gasteiger partial charge on any atom is -0.347 e. The fourth-order valence-electron chi connectivity index (χ4n) is 1.14. The summed E-state index contributed by atoms with van der Waals surface area (Å²) in [6.07, 6.45) is 1.25. The lowest BCUT2D eigenvalue weighted by Crippen LogP contribution is -2.22. The van der Waals surface area contributed by atoms with Crippen molar-refractivity contribution < 1.29 is 4.79 Å².